The normalized spacial score (nSPS) is 13.8. The summed E-state index contributed by atoms with van der Waals surface area (Å²) in [7, 11) is 3.94. The average molecular weight is 456 g/mol. The number of benzene rings is 3. The first-order valence-electron chi connectivity index (χ1n) is 11.2. The van der Waals surface area contributed by atoms with E-state index < -0.39 is 5.97 Å². The Labute approximate surface area is 197 Å². The molecule has 7 heteroatoms. The van der Waals surface area contributed by atoms with E-state index in [1.807, 2.05) is 73.6 Å². The second-order valence-electron chi connectivity index (χ2n) is 8.49. The highest BCUT2D eigenvalue weighted by Gasteiger charge is 2.26. The minimum Gasteiger partial charge on any atom is -0.486 e. The Morgan fingerprint density at radius 1 is 1.03 bits per heavy atom. The number of fused-ring (bicyclic) bond motifs is 5. The van der Waals surface area contributed by atoms with Gasteiger partial charge in [0.1, 0.15) is 18.1 Å². The van der Waals surface area contributed by atoms with Gasteiger partial charge in [-0.2, -0.15) is 0 Å². The Hall–Kier alpha value is -4.13. The van der Waals surface area contributed by atoms with E-state index in [0.717, 1.165) is 39.6 Å². The summed E-state index contributed by atoms with van der Waals surface area (Å²) in [6.45, 7) is 4.39. The summed E-state index contributed by atoms with van der Waals surface area (Å²) in [5, 5.41) is 5.83. The van der Waals surface area contributed by atoms with Crippen molar-refractivity contribution in [2.45, 2.75) is 20.4 Å². The van der Waals surface area contributed by atoms with Crippen molar-refractivity contribution in [2.75, 3.05) is 25.6 Å². The van der Waals surface area contributed by atoms with Gasteiger partial charge in [-0.15, -0.1) is 0 Å². The molecule has 2 heterocycles. The zero-order chi connectivity index (χ0) is 24.0. The van der Waals surface area contributed by atoms with Crippen LogP contribution in [0.4, 0.5) is 5.69 Å². The second kappa shape index (κ2) is 8.33. The molecular weight excluding hydrogens is 430 g/mol. The summed E-state index contributed by atoms with van der Waals surface area (Å²) in [6.07, 6.45) is 0. The fourth-order valence-electron chi connectivity index (χ4n) is 4.51. The number of carbonyl (C=O) groups excluding carboxylic acids is 2. The molecule has 3 aromatic carbocycles. The lowest BCUT2D eigenvalue weighted by Crippen LogP contribution is -2.09. The third-order valence-electron chi connectivity index (χ3n) is 6.16. The fourth-order valence-corrected chi connectivity index (χ4v) is 4.51. The topological polar surface area (TPSA) is 73.1 Å². The van der Waals surface area contributed by atoms with Crippen LogP contribution in [0.5, 0.6) is 5.75 Å². The number of oxime groups is 1. The third-order valence-corrected chi connectivity index (χ3v) is 6.16. The molecule has 0 radical (unpaired) electrons. The summed E-state index contributed by atoms with van der Waals surface area (Å²) in [5.41, 5.74) is 5.70. The molecule has 0 amide bonds. The molecule has 34 heavy (non-hydrogen) atoms. The lowest BCUT2D eigenvalue weighted by Gasteiger charge is -2.12. The highest BCUT2D eigenvalue weighted by atomic mass is 16.7. The van der Waals surface area contributed by atoms with Crippen LogP contribution >= 0.6 is 0 Å². The summed E-state index contributed by atoms with van der Waals surface area (Å²) in [6, 6.07) is 17.4. The number of anilines is 1. The van der Waals surface area contributed by atoms with Crippen molar-refractivity contribution in [3.8, 4) is 5.75 Å². The van der Waals surface area contributed by atoms with Crippen LogP contribution in [0.15, 0.2) is 59.8 Å². The molecule has 4 aromatic rings. The molecule has 0 saturated heterocycles. The maximum absolute atomic E-state index is 13.3. The first kappa shape index (κ1) is 21.7. The molecule has 0 saturated carbocycles. The van der Waals surface area contributed by atoms with Crippen molar-refractivity contribution in [3.63, 3.8) is 0 Å². The molecule has 0 N–H and O–H groups in total. The van der Waals surface area contributed by atoms with Gasteiger partial charge in [-0.3, -0.25) is 4.79 Å². The van der Waals surface area contributed by atoms with Gasteiger partial charge in [-0.1, -0.05) is 5.16 Å². The van der Waals surface area contributed by atoms with Crippen LogP contribution in [0.1, 0.15) is 35.3 Å². The molecule has 0 bridgehead atoms. The smallest absolute Gasteiger partial charge is 0.331 e. The average Bonchev–Trinajstić information content (AvgIpc) is 3.40. The molecule has 0 atom stereocenters. The van der Waals surface area contributed by atoms with E-state index in [4.69, 9.17) is 9.57 Å². The molecule has 1 aliphatic heterocycles. The SMILES string of the molecule is CCn1c2ccc(C(=O)c3ccc(N(C)C)cc3)cc2c2c3c(ccc21)/C(=N/OC(C)=O)CO3. The molecule has 1 aromatic heterocycles. The zero-order valence-corrected chi connectivity index (χ0v) is 19.6. The molecule has 0 fully saturated rings. The molecule has 5 rings (SSSR count). The predicted molar refractivity (Wildman–Crippen MR) is 133 cm³/mol. The van der Waals surface area contributed by atoms with E-state index in [2.05, 4.69) is 16.6 Å². The van der Waals surface area contributed by atoms with Crippen molar-refractivity contribution in [3.05, 3.63) is 71.3 Å². The van der Waals surface area contributed by atoms with Gasteiger partial charge in [-0.05, 0) is 61.5 Å². The van der Waals surface area contributed by atoms with Gasteiger partial charge in [0.25, 0.3) is 0 Å². The van der Waals surface area contributed by atoms with Crippen LogP contribution in [-0.4, -0.2) is 42.7 Å². The van der Waals surface area contributed by atoms with Crippen molar-refractivity contribution in [2.24, 2.45) is 5.16 Å². The monoisotopic (exact) mass is 455 g/mol. The molecule has 7 nitrogen and oxygen atoms in total. The number of rotatable bonds is 5. The molecule has 0 aliphatic carbocycles. The molecular formula is C27H25N3O4. The van der Waals surface area contributed by atoms with Gasteiger partial charge in [0.05, 0.1) is 10.9 Å². The van der Waals surface area contributed by atoms with Crippen LogP contribution in [0, 0.1) is 0 Å². The van der Waals surface area contributed by atoms with E-state index in [9.17, 15) is 9.59 Å². The largest absolute Gasteiger partial charge is 0.486 e. The summed E-state index contributed by atoms with van der Waals surface area (Å²) in [5.74, 6) is 0.183. The number of ketones is 1. The highest BCUT2D eigenvalue weighted by molar-refractivity contribution is 6.20. The zero-order valence-electron chi connectivity index (χ0n) is 19.6. The van der Waals surface area contributed by atoms with E-state index in [1.54, 1.807) is 0 Å². The summed E-state index contributed by atoms with van der Waals surface area (Å²) < 4.78 is 8.22. The quantitative estimate of drug-likeness (QED) is 0.246. The van der Waals surface area contributed by atoms with Crippen molar-refractivity contribution in [1.29, 1.82) is 0 Å². The molecule has 0 unspecified atom stereocenters. The van der Waals surface area contributed by atoms with E-state index in [-0.39, 0.29) is 12.4 Å². The summed E-state index contributed by atoms with van der Waals surface area (Å²) >= 11 is 0. The Kier molecular flexibility index (Phi) is 5.32. The Bertz CT molecular complexity index is 1480. The third kappa shape index (κ3) is 3.50. The summed E-state index contributed by atoms with van der Waals surface area (Å²) in [4.78, 5) is 31.4. The fraction of sp³-hybridized carbons (Fsp3) is 0.222. The minimum absolute atomic E-state index is 0.0322. The van der Waals surface area contributed by atoms with E-state index in [0.29, 0.717) is 22.6 Å². The number of nitrogens with zero attached hydrogens (tertiary/aromatic N) is 3. The highest BCUT2D eigenvalue weighted by Crippen LogP contribution is 2.41. The lowest BCUT2D eigenvalue weighted by atomic mass is 10.00. The van der Waals surface area contributed by atoms with Gasteiger partial charge in [0, 0.05) is 60.8 Å². The van der Waals surface area contributed by atoms with E-state index in [1.165, 1.54) is 6.92 Å². The predicted octanol–water partition coefficient (Wildman–Crippen LogP) is 4.77. The number of ether oxygens (including phenoxy) is 1. The Balaban J connectivity index is 1.65. The maximum atomic E-state index is 13.3. The van der Waals surface area contributed by atoms with Crippen molar-refractivity contribution in [1.82, 2.24) is 4.57 Å². The maximum Gasteiger partial charge on any atom is 0.331 e. The van der Waals surface area contributed by atoms with Crippen LogP contribution in [0.2, 0.25) is 0 Å². The van der Waals surface area contributed by atoms with E-state index >= 15 is 0 Å². The molecule has 1 aliphatic rings. The van der Waals surface area contributed by atoms with Crippen LogP contribution in [0.25, 0.3) is 21.8 Å². The molecule has 172 valence electrons. The van der Waals surface area contributed by atoms with Gasteiger partial charge in [-0.25, -0.2) is 4.79 Å². The van der Waals surface area contributed by atoms with Crippen LogP contribution < -0.4 is 9.64 Å². The number of carbonyl (C=O) groups is 2. The van der Waals surface area contributed by atoms with Gasteiger partial charge in [0.15, 0.2) is 5.78 Å². The van der Waals surface area contributed by atoms with Crippen LogP contribution in [-0.2, 0) is 16.2 Å². The van der Waals surface area contributed by atoms with Gasteiger partial charge in [0.2, 0.25) is 0 Å². The van der Waals surface area contributed by atoms with Crippen molar-refractivity contribution < 1.29 is 19.2 Å². The Morgan fingerprint density at radius 3 is 2.41 bits per heavy atom. The first-order chi connectivity index (χ1) is 16.4. The van der Waals surface area contributed by atoms with Crippen molar-refractivity contribution >= 4 is 45.0 Å². The second-order valence-corrected chi connectivity index (χ2v) is 8.49. The minimum atomic E-state index is -0.480. The Morgan fingerprint density at radius 2 is 1.74 bits per heavy atom. The van der Waals surface area contributed by atoms with Gasteiger partial charge < -0.3 is 19.0 Å². The number of hydrogen-bond donors (Lipinski definition) is 0. The van der Waals surface area contributed by atoms with Gasteiger partial charge >= 0.3 is 5.97 Å². The van der Waals surface area contributed by atoms with Crippen LogP contribution in [0.3, 0.4) is 0 Å². The number of aryl methyl sites for hydroxylation is 1. The number of aromatic nitrogens is 1. The first-order valence-corrected chi connectivity index (χ1v) is 11.2. The lowest BCUT2D eigenvalue weighted by molar-refractivity contribution is -0.140. The standard InChI is InChI=1S/C27H25N3O4/c1-5-30-23-12-8-18(26(32)17-6-9-19(10-7-17)29(3)4)14-21(23)25-24(30)13-11-20-22(15-33-27(20)25)28-34-16(2)31/h6-14H,5,15H2,1-4H3/b28-22+. The number of hydrogen-bond acceptors (Lipinski definition) is 6. The molecule has 0 spiro atoms.